The Balaban J connectivity index is 1.39. The summed E-state index contributed by atoms with van der Waals surface area (Å²) in [4.78, 5) is 0. The third-order valence-corrected chi connectivity index (χ3v) is 6.93. The zero-order valence-corrected chi connectivity index (χ0v) is 19.7. The van der Waals surface area contributed by atoms with Crippen LogP contribution in [0.15, 0.2) is 140 Å². The fourth-order valence-corrected chi connectivity index (χ4v) is 5.27. The van der Waals surface area contributed by atoms with Crippen LogP contribution in [0.4, 0.5) is 11.4 Å². The van der Waals surface area contributed by atoms with Gasteiger partial charge in [0.2, 0.25) is 0 Å². The van der Waals surface area contributed by atoms with Gasteiger partial charge in [0, 0.05) is 33.2 Å². The number of nitrogens with zero attached hydrogens (tertiary/aromatic N) is 1. The summed E-state index contributed by atoms with van der Waals surface area (Å²) in [6.45, 7) is 0. The number of hydrogen-bond acceptors (Lipinski definition) is 1. The first kappa shape index (κ1) is 20.5. The first-order valence-electron chi connectivity index (χ1n) is 12.3. The second-order valence-electron chi connectivity index (χ2n) is 9.16. The van der Waals surface area contributed by atoms with Crippen LogP contribution in [0.5, 0.6) is 0 Å². The first-order valence-corrected chi connectivity index (χ1v) is 12.3. The monoisotopic (exact) mass is 460 g/mol. The summed E-state index contributed by atoms with van der Waals surface area (Å²) < 4.78 is 2.35. The lowest BCUT2D eigenvalue weighted by atomic mass is 9.99. The number of hydrogen-bond donors (Lipinski definition) is 1. The summed E-state index contributed by atoms with van der Waals surface area (Å²) in [5, 5.41) is 8.68. The Labute approximate surface area is 210 Å². The van der Waals surface area contributed by atoms with E-state index < -0.39 is 0 Å². The topological polar surface area (TPSA) is 17.0 Å². The molecule has 170 valence electrons. The van der Waals surface area contributed by atoms with Gasteiger partial charge in [0.05, 0.1) is 11.0 Å². The predicted molar refractivity (Wildman–Crippen MR) is 153 cm³/mol. The lowest BCUT2D eigenvalue weighted by molar-refractivity contribution is 1.18. The maximum Gasteiger partial charge on any atom is 0.0542 e. The molecule has 0 bridgehead atoms. The van der Waals surface area contributed by atoms with Crippen LogP contribution < -0.4 is 5.32 Å². The molecule has 0 atom stereocenters. The predicted octanol–water partition coefficient (Wildman–Crippen LogP) is 9.35. The average molecular weight is 461 g/mol. The second kappa shape index (κ2) is 8.44. The quantitative estimate of drug-likeness (QED) is 0.277. The van der Waals surface area contributed by atoms with Crippen LogP contribution in [0, 0.1) is 0 Å². The molecule has 0 unspecified atom stereocenters. The third-order valence-electron chi connectivity index (χ3n) is 6.93. The Morgan fingerprint density at radius 1 is 0.444 bits per heavy atom. The van der Waals surface area contributed by atoms with E-state index in [1.807, 2.05) is 0 Å². The number of para-hydroxylation sites is 2. The van der Waals surface area contributed by atoms with E-state index in [0.29, 0.717) is 0 Å². The molecule has 2 heteroatoms. The van der Waals surface area contributed by atoms with Crippen molar-refractivity contribution in [1.82, 2.24) is 4.57 Å². The van der Waals surface area contributed by atoms with Gasteiger partial charge in [0.25, 0.3) is 0 Å². The van der Waals surface area contributed by atoms with Crippen molar-refractivity contribution in [2.75, 3.05) is 5.32 Å². The first-order chi connectivity index (χ1) is 17.8. The number of anilines is 2. The van der Waals surface area contributed by atoms with Gasteiger partial charge in [-0.25, -0.2) is 0 Å². The van der Waals surface area contributed by atoms with Gasteiger partial charge < -0.3 is 9.88 Å². The van der Waals surface area contributed by atoms with Crippen LogP contribution in [0.2, 0.25) is 0 Å². The highest BCUT2D eigenvalue weighted by molar-refractivity contribution is 6.10. The number of nitrogens with one attached hydrogen (secondary N) is 1. The van der Waals surface area contributed by atoms with Crippen LogP contribution in [-0.2, 0) is 0 Å². The molecule has 1 aromatic heterocycles. The summed E-state index contributed by atoms with van der Waals surface area (Å²) in [5.74, 6) is 0. The minimum atomic E-state index is 1.08. The normalized spacial score (nSPS) is 11.3. The minimum Gasteiger partial charge on any atom is -0.355 e. The van der Waals surface area contributed by atoms with Gasteiger partial charge in [-0.1, -0.05) is 91.0 Å². The van der Waals surface area contributed by atoms with Gasteiger partial charge in [-0.3, -0.25) is 0 Å². The zero-order chi connectivity index (χ0) is 23.9. The molecule has 0 aliphatic carbocycles. The van der Waals surface area contributed by atoms with Gasteiger partial charge >= 0.3 is 0 Å². The molecule has 1 N–H and O–H groups in total. The summed E-state index contributed by atoms with van der Waals surface area (Å²) in [5.41, 5.74) is 8.20. The SMILES string of the molecule is c1ccc(-c2cc(Nc3ccc4c(c3)c3ccccc3n4-c3ccccc3)c3ccccc3c2)cc1. The van der Waals surface area contributed by atoms with Crippen LogP contribution in [0.25, 0.3) is 49.4 Å². The zero-order valence-electron chi connectivity index (χ0n) is 19.7. The van der Waals surface area contributed by atoms with Crippen molar-refractivity contribution in [3.8, 4) is 16.8 Å². The smallest absolute Gasteiger partial charge is 0.0542 e. The summed E-state index contributed by atoms with van der Waals surface area (Å²) in [6.07, 6.45) is 0. The fraction of sp³-hybridized carbons (Fsp3) is 0. The molecule has 0 aliphatic rings. The van der Waals surface area contributed by atoms with Gasteiger partial charge in [-0.15, -0.1) is 0 Å². The Bertz CT molecular complexity index is 1850. The molecule has 2 nitrogen and oxygen atoms in total. The van der Waals surface area contributed by atoms with Crippen molar-refractivity contribution in [3.63, 3.8) is 0 Å². The van der Waals surface area contributed by atoms with E-state index in [2.05, 4.69) is 149 Å². The second-order valence-corrected chi connectivity index (χ2v) is 9.16. The van der Waals surface area contributed by atoms with Crippen molar-refractivity contribution >= 4 is 44.0 Å². The van der Waals surface area contributed by atoms with E-state index >= 15 is 0 Å². The van der Waals surface area contributed by atoms with Crippen LogP contribution in [0.1, 0.15) is 0 Å². The lowest BCUT2D eigenvalue weighted by Crippen LogP contribution is -1.94. The maximum atomic E-state index is 3.75. The van der Waals surface area contributed by atoms with Crippen molar-refractivity contribution in [3.05, 3.63) is 140 Å². The van der Waals surface area contributed by atoms with Gasteiger partial charge in [0.15, 0.2) is 0 Å². The fourth-order valence-electron chi connectivity index (χ4n) is 5.27. The van der Waals surface area contributed by atoms with E-state index in [1.165, 1.54) is 49.4 Å². The number of aromatic nitrogens is 1. The van der Waals surface area contributed by atoms with E-state index in [9.17, 15) is 0 Å². The van der Waals surface area contributed by atoms with Crippen molar-refractivity contribution in [1.29, 1.82) is 0 Å². The molecule has 7 aromatic rings. The Morgan fingerprint density at radius 2 is 1.11 bits per heavy atom. The van der Waals surface area contributed by atoms with Crippen LogP contribution >= 0.6 is 0 Å². The standard InChI is InChI=1S/C34H24N2/c1-3-11-24(12-4-1)26-21-25-13-7-8-16-29(25)32(22-26)35-27-19-20-34-31(23-27)30-17-9-10-18-33(30)36(34)28-14-5-2-6-15-28/h1-23,35H. The highest BCUT2D eigenvalue weighted by Gasteiger charge is 2.13. The third kappa shape index (κ3) is 3.43. The van der Waals surface area contributed by atoms with E-state index in [-0.39, 0.29) is 0 Å². The van der Waals surface area contributed by atoms with E-state index in [0.717, 1.165) is 11.4 Å². The number of rotatable bonds is 4. The minimum absolute atomic E-state index is 1.08. The molecule has 0 amide bonds. The van der Waals surface area contributed by atoms with Crippen molar-refractivity contribution < 1.29 is 0 Å². The van der Waals surface area contributed by atoms with Gasteiger partial charge in [0.1, 0.15) is 0 Å². The molecule has 6 aromatic carbocycles. The molecule has 0 aliphatic heterocycles. The van der Waals surface area contributed by atoms with Gasteiger partial charge in [-0.2, -0.15) is 0 Å². The summed E-state index contributed by atoms with van der Waals surface area (Å²) in [6, 6.07) is 49.6. The average Bonchev–Trinajstić information content (AvgIpc) is 3.28. The highest BCUT2D eigenvalue weighted by atomic mass is 15.0. The van der Waals surface area contributed by atoms with Crippen LogP contribution in [-0.4, -0.2) is 4.57 Å². The molecule has 0 saturated carbocycles. The van der Waals surface area contributed by atoms with Crippen LogP contribution in [0.3, 0.4) is 0 Å². The lowest BCUT2D eigenvalue weighted by Gasteiger charge is -2.14. The molecule has 0 fully saturated rings. The number of fused-ring (bicyclic) bond motifs is 4. The molecule has 0 spiro atoms. The molecule has 1 heterocycles. The Hall–Kier alpha value is -4.82. The van der Waals surface area contributed by atoms with E-state index in [1.54, 1.807) is 0 Å². The number of benzene rings is 6. The maximum absolute atomic E-state index is 3.75. The summed E-state index contributed by atoms with van der Waals surface area (Å²) in [7, 11) is 0. The molecule has 0 radical (unpaired) electrons. The molecule has 7 rings (SSSR count). The summed E-state index contributed by atoms with van der Waals surface area (Å²) >= 11 is 0. The van der Waals surface area contributed by atoms with E-state index in [4.69, 9.17) is 0 Å². The largest absolute Gasteiger partial charge is 0.355 e. The molecule has 36 heavy (non-hydrogen) atoms. The van der Waals surface area contributed by atoms with Gasteiger partial charge in [-0.05, 0) is 65.0 Å². The molecule has 0 saturated heterocycles. The van der Waals surface area contributed by atoms with Crippen molar-refractivity contribution in [2.24, 2.45) is 0 Å². The Morgan fingerprint density at radius 3 is 1.94 bits per heavy atom. The molecular weight excluding hydrogens is 436 g/mol. The van der Waals surface area contributed by atoms with Crippen molar-refractivity contribution in [2.45, 2.75) is 0 Å². The Kier molecular flexibility index (Phi) is 4.82. The molecular formula is C34H24N2. The highest BCUT2D eigenvalue weighted by Crippen LogP contribution is 2.36.